The van der Waals surface area contributed by atoms with E-state index in [9.17, 15) is 4.79 Å². The molecule has 1 aromatic carbocycles. The minimum absolute atomic E-state index is 0.223. The minimum atomic E-state index is 0.223. The summed E-state index contributed by atoms with van der Waals surface area (Å²) in [5.74, 6) is 1.63. The number of aryl methyl sites for hydroxylation is 2. The monoisotopic (exact) mass is 353 g/mol. The van der Waals surface area contributed by atoms with Crippen molar-refractivity contribution in [2.24, 2.45) is 5.41 Å². The van der Waals surface area contributed by atoms with E-state index in [1.165, 1.54) is 12.0 Å². The standard InChI is InChI=1S/C21H27N3O2/c1-16-2-4-17(5-3-16)18-14-23-19(26-18)6-7-20(25)24-12-9-21(10-13-24)8-11-22-15-21/h2-5,14,22H,6-13,15H2,1H3. The van der Waals surface area contributed by atoms with Crippen LogP contribution < -0.4 is 5.32 Å². The molecule has 3 heterocycles. The van der Waals surface area contributed by atoms with Crippen molar-refractivity contribution < 1.29 is 9.21 Å². The molecule has 2 aliphatic rings. The zero-order chi connectivity index (χ0) is 18.0. The molecule has 0 saturated carbocycles. The van der Waals surface area contributed by atoms with Crippen molar-refractivity contribution in [2.45, 2.75) is 39.0 Å². The van der Waals surface area contributed by atoms with Gasteiger partial charge in [0.1, 0.15) is 0 Å². The molecule has 0 unspecified atom stereocenters. The van der Waals surface area contributed by atoms with Crippen LogP contribution >= 0.6 is 0 Å². The van der Waals surface area contributed by atoms with Crippen LogP contribution in [0.1, 0.15) is 37.1 Å². The number of hydrogen-bond acceptors (Lipinski definition) is 4. The van der Waals surface area contributed by atoms with Gasteiger partial charge in [0.05, 0.1) is 6.20 Å². The number of aromatic nitrogens is 1. The number of carbonyl (C=O) groups is 1. The number of carbonyl (C=O) groups excluding carboxylic acids is 1. The predicted molar refractivity (Wildman–Crippen MR) is 101 cm³/mol. The Labute approximate surface area is 154 Å². The molecule has 2 saturated heterocycles. The van der Waals surface area contributed by atoms with Gasteiger partial charge in [0.15, 0.2) is 11.7 Å². The smallest absolute Gasteiger partial charge is 0.223 e. The summed E-state index contributed by atoms with van der Waals surface area (Å²) in [5, 5.41) is 3.47. The molecule has 1 spiro atoms. The van der Waals surface area contributed by atoms with Crippen LogP contribution in [0, 0.1) is 12.3 Å². The van der Waals surface area contributed by atoms with Gasteiger partial charge in [-0.15, -0.1) is 0 Å². The first-order valence-corrected chi connectivity index (χ1v) is 9.64. The number of likely N-dealkylation sites (tertiary alicyclic amines) is 1. The molecular formula is C21H27N3O2. The van der Waals surface area contributed by atoms with E-state index in [0.29, 0.717) is 24.1 Å². The van der Waals surface area contributed by atoms with Gasteiger partial charge < -0.3 is 14.6 Å². The summed E-state index contributed by atoms with van der Waals surface area (Å²) in [5.41, 5.74) is 2.69. The fourth-order valence-electron chi connectivity index (χ4n) is 4.10. The van der Waals surface area contributed by atoms with Gasteiger partial charge in [0.2, 0.25) is 5.91 Å². The molecule has 0 atom stereocenters. The number of hydrogen-bond donors (Lipinski definition) is 1. The Morgan fingerprint density at radius 3 is 2.69 bits per heavy atom. The third kappa shape index (κ3) is 3.68. The Hall–Kier alpha value is -2.14. The molecule has 2 fully saturated rings. The van der Waals surface area contributed by atoms with Crippen molar-refractivity contribution in [1.29, 1.82) is 0 Å². The summed E-state index contributed by atoms with van der Waals surface area (Å²) < 4.78 is 5.83. The number of nitrogens with zero attached hydrogens (tertiary/aromatic N) is 2. The van der Waals surface area contributed by atoms with Crippen LogP contribution in [-0.4, -0.2) is 42.0 Å². The Morgan fingerprint density at radius 2 is 2.00 bits per heavy atom. The van der Waals surface area contributed by atoms with Crippen LogP contribution in [0.5, 0.6) is 0 Å². The van der Waals surface area contributed by atoms with E-state index < -0.39 is 0 Å². The molecule has 5 nitrogen and oxygen atoms in total. The average Bonchev–Trinajstić information content (AvgIpc) is 3.31. The first kappa shape index (κ1) is 17.3. The lowest BCUT2D eigenvalue weighted by molar-refractivity contribution is -0.133. The van der Waals surface area contributed by atoms with Gasteiger partial charge in [-0.2, -0.15) is 0 Å². The first-order valence-electron chi connectivity index (χ1n) is 9.64. The number of amides is 1. The Morgan fingerprint density at radius 1 is 1.23 bits per heavy atom. The van der Waals surface area contributed by atoms with Crippen LogP contribution in [0.4, 0.5) is 0 Å². The second-order valence-corrected chi connectivity index (χ2v) is 7.79. The van der Waals surface area contributed by atoms with Crippen LogP contribution in [0.25, 0.3) is 11.3 Å². The highest BCUT2D eigenvalue weighted by Crippen LogP contribution is 2.37. The van der Waals surface area contributed by atoms with E-state index in [2.05, 4.69) is 29.4 Å². The predicted octanol–water partition coefficient (Wildman–Crippen LogP) is 3.18. The number of oxazole rings is 1. The summed E-state index contributed by atoms with van der Waals surface area (Å²) in [6.07, 6.45) is 6.30. The third-order valence-corrected chi connectivity index (χ3v) is 5.95. The van der Waals surface area contributed by atoms with Gasteiger partial charge in [-0.1, -0.05) is 29.8 Å². The minimum Gasteiger partial charge on any atom is -0.441 e. The largest absolute Gasteiger partial charge is 0.441 e. The zero-order valence-corrected chi connectivity index (χ0v) is 15.5. The molecule has 5 heteroatoms. The average molecular weight is 353 g/mol. The van der Waals surface area contributed by atoms with Crippen LogP contribution in [0.2, 0.25) is 0 Å². The van der Waals surface area contributed by atoms with Gasteiger partial charge in [-0.05, 0) is 38.1 Å². The quantitative estimate of drug-likeness (QED) is 0.917. The van der Waals surface area contributed by atoms with Crippen molar-refractivity contribution in [2.75, 3.05) is 26.2 Å². The normalized spacial score (nSPS) is 19.2. The Balaban J connectivity index is 1.29. The SMILES string of the molecule is Cc1ccc(-c2cnc(CCC(=O)N3CCC4(CCNC4)CC3)o2)cc1. The summed E-state index contributed by atoms with van der Waals surface area (Å²) >= 11 is 0. The maximum atomic E-state index is 12.5. The second-order valence-electron chi connectivity index (χ2n) is 7.79. The number of rotatable bonds is 4. The van der Waals surface area contributed by atoms with Crippen molar-refractivity contribution in [3.63, 3.8) is 0 Å². The van der Waals surface area contributed by atoms with Gasteiger partial charge in [-0.25, -0.2) is 4.98 Å². The number of benzene rings is 1. The van der Waals surface area contributed by atoms with Crippen molar-refractivity contribution >= 4 is 5.91 Å². The first-order chi connectivity index (χ1) is 12.6. The van der Waals surface area contributed by atoms with Gasteiger partial charge in [-0.3, -0.25) is 4.79 Å². The van der Waals surface area contributed by atoms with Gasteiger partial charge in [0, 0.05) is 38.0 Å². The molecule has 0 aliphatic carbocycles. The van der Waals surface area contributed by atoms with Gasteiger partial charge in [0.25, 0.3) is 0 Å². The summed E-state index contributed by atoms with van der Waals surface area (Å²) in [6, 6.07) is 8.19. The lowest BCUT2D eigenvalue weighted by atomic mass is 9.78. The zero-order valence-electron chi connectivity index (χ0n) is 15.5. The lowest BCUT2D eigenvalue weighted by Gasteiger charge is -2.38. The van der Waals surface area contributed by atoms with Crippen molar-refractivity contribution in [3.8, 4) is 11.3 Å². The molecule has 1 N–H and O–H groups in total. The number of piperidine rings is 1. The lowest BCUT2D eigenvalue weighted by Crippen LogP contribution is -2.44. The van der Waals surface area contributed by atoms with Gasteiger partial charge >= 0.3 is 0 Å². The highest BCUT2D eigenvalue weighted by molar-refractivity contribution is 5.76. The molecule has 138 valence electrons. The topological polar surface area (TPSA) is 58.4 Å². The fraction of sp³-hybridized carbons (Fsp3) is 0.524. The Kier molecular flexibility index (Phi) is 4.81. The maximum Gasteiger partial charge on any atom is 0.223 e. The molecule has 4 rings (SSSR count). The summed E-state index contributed by atoms with van der Waals surface area (Å²) in [7, 11) is 0. The van der Waals surface area contributed by atoms with E-state index >= 15 is 0 Å². The second kappa shape index (κ2) is 7.23. The van der Waals surface area contributed by atoms with E-state index in [1.807, 2.05) is 17.0 Å². The summed E-state index contributed by atoms with van der Waals surface area (Å²) in [4.78, 5) is 18.9. The molecule has 2 aromatic rings. The molecule has 1 amide bonds. The maximum absolute atomic E-state index is 12.5. The molecule has 2 aliphatic heterocycles. The highest BCUT2D eigenvalue weighted by Gasteiger charge is 2.37. The highest BCUT2D eigenvalue weighted by atomic mass is 16.4. The van der Waals surface area contributed by atoms with E-state index in [1.54, 1.807) is 6.20 Å². The van der Waals surface area contributed by atoms with Crippen LogP contribution in [0.3, 0.4) is 0 Å². The van der Waals surface area contributed by atoms with Crippen molar-refractivity contribution in [3.05, 3.63) is 41.9 Å². The molecule has 26 heavy (non-hydrogen) atoms. The van der Waals surface area contributed by atoms with E-state index in [0.717, 1.165) is 50.3 Å². The molecule has 0 radical (unpaired) electrons. The molecular weight excluding hydrogens is 326 g/mol. The molecule has 0 bridgehead atoms. The van der Waals surface area contributed by atoms with Crippen molar-refractivity contribution in [1.82, 2.24) is 15.2 Å². The molecule has 1 aromatic heterocycles. The fourth-order valence-corrected chi connectivity index (χ4v) is 4.10. The van der Waals surface area contributed by atoms with E-state index in [-0.39, 0.29) is 5.91 Å². The number of nitrogens with one attached hydrogen (secondary N) is 1. The van der Waals surface area contributed by atoms with Crippen LogP contribution in [0.15, 0.2) is 34.9 Å². The van der Waals surface area contributed by atoms with E-state index in [4.69, 9.17) is 4.42 Å². The summed E-state index contributed by atoms with van der Waals surface area (Å²) in [6.45, 7) is 6.09. The Bertz CT molecular complexity index is 750. The third-order valence-electron chi connectivity index (χ3n) is 5.95. The van der Waals surface area contributed by atoms with Crippen LogP contribution in [-0.2, 0) is 11.2 Å².